The maximum absolute atomic E-state index is 11.4. The van der Waals surface area contributed by atoms with E-state index in [4.69, 9.17) is 0 Å². The van der Waals surface area contributed by atoms with Crippen molar-refractivity contribution in [3.8, 4) is 11.3 Å². The van der Waals surface area contributed by atoms with Crippen LogP contribution < -0.4 is 0 Å². The van der Waals surface area contributed by atoms with Crippen molar-refractivity contribution in [2.75, 3.05) is 6.26 Å². The molecular formula is C13H14N2O2S. The average molecular weight is 262 g/mol. The van der Waals surface area contributed by atoms with Crippen LogP contribution in [0, 0.1) is 0 Å². The summed E-state index contributed by atoms with van der Waals surface area (Å²) >= 11 is 0. The molecule has 0 fully saturated rings. The maximum Gasteiger partial charge on any atom is 0.250 e. The van der Waals surface area contributed by atoms with Gasteiger partial charge in [-0.05, 0) is 42.5 Å². The summed E-state index contributed by atoms with van der Waals surface area (Å²) < 4.78 is 23.7. The molecule has 94 valence electrons. The van der Waals surface area contributed by atoms with Crippen LogP contribution in [-0.4, -0.2) is 23.9 Å². The zero-order valence-electron chi connectivity index (χ0n) is 10.1. The molecule has 0 saturated carbocycles. The summed E-state index contributed by atoms with van der Waals surface area (Å²) in [6.07, 6.45) is 6.09. The molecule has 1 heterocycles. The van der Waals surface area contributed by atoms with Gasteiger partial charge in [-0.2, -0.15) is 9.19 Å². The number of aryl methyl sites for hydroxylation is 2. The molecule has 4 nitrogen and oxygen atoms in total. The molecule has 5 heteroatoms. The van der Waals surface area contributed by atoms with Crippen molar-refractivity contribution in [1.82, 2.24) is 9.19 Å². The summed E-state index contributed by atoms with van der Waals surface area (Å²) in [5.74, 6) is 0. The Kier molecular flexibility index (Phi) is 2.52. The Morgan fingerprint density at radius 3 is 2.67 bits per heavy atom. The first-order valence-electron chi connectivity index (χ1n) is 5.92. The van der Waals surface area contributed by atoms with Gasteiger partial charge in [0.1, 0.15) is 0 Å². The van der Waals surface area contributed by atoms with E-state index >= 15 is 0 Å². The number of nitrogens with zero attached hydrogens (tertiary/aromatic N) is 2. The van der Waals surface area contributed by atoms with Crippen LogP contribution in [0.25, 0.3) is 11.3 Å². The monoisotopic (exact) mass is 262 g/mol. The Morgan fingerprint density at radius 1 is 1.17 bits per heavy atom. The smallest absolute Gasteiger partial charge is 0.205 e. The van der Waals surface area contributed by atoms with E-state index in [2.05, 4.69) is 17.2 Å². The first-order chi connectivity index (χ1) is 8.54. The minimum Gasteiger partial charge on any atom is -0.205 e. The summed E-state index contributed by atoms with van der Waals surface area (Å²) in [4.78, 5) is 0. The predicted molar refractivity (Wildman–Crippen MR) is 69.9 cm³/mol. The molecule has 0 aliphatic heterocycles. The molecule has 18 heavy (non-hydrogen) atoms. The van der Waals surface area contributed by atoms with E-state index in [1.54, 1.807) is 6.07 Å². The van der Waals surface area contributed by atoms with Gasteiger partial charge in [-0.25, -0.2) is 8.42 Å². The van der Waals surface area contributed by atoms with Crippen LogP contribution >= 0.6 is 0 Å². The van der Waals surface area contributed by atoms with Crippen molar-refractivity contribution in [1.29, 1.82) is 0 Å². The van der Waals surface area contributed by atoms with Gasteiger partial charge < -0.3 is 0 Å². The summed E-state index contributed by atoms with van der Waals surface area (Å²) in [6, 6.07) is 7.99. The summed E-state index contributed by atoms with van der Waals surface area (Å²) in [5, 5.41) is 4.11. The maximum atomic E-state index is 11.4. The van der Waals surface area contributed by atoms with Crippen LogP contribution in [0.3, 0.4) is 0 Å². The van der Waals surface area contributed by atoms with Gasteiger partial charge in [-0.1, -0.05) is 12.1 Å². The fraction of sp³-hybridized carbons (Fsp3) is 0.308. The lowest BCUT2D eigenvalue weighted by molar-refractivity contribution is 0.586. The van der Waals surface area contributed by atoms with E-state index in [1.807, 2.05) is 6.07 Å². The summed E-state index contributed by atoms with van der Waals surface area (Å²) in [7, 11) is -3.30. The SMILES string of the molecule is CS(=O)(=O)n1ccc(-c2ccc3c(c2)CCC3)n1. The number of hydrogen-bond acceptors (Lipinski definition) is 3. The van der Waals surface area contributed by atoms with E-state index in [1.165, 1.54) is 23.7 Å². The van der Waals surface area contributed by atoms with E-state index in [-0.39, 0.29) is 0 Å². The molecule has 1 aromatic heterocycles. The van der Waals surface area contributed by atoms with Crippen molar-refractivity contribution in [3.05, 3.63) is 41.6 Å². The number of aromatic nitrogens is 2. The average Bonchev–Trinajstić information content (AvgIpc) is 2.96. The number of hydrogen-bond donors (Lipinski definition) is 0. The minimum atomic E-state index is -3.30. The molecule has 2 aromatic rings. The Balaban J connectivity index is 2.03. The van der Waals surface area contributed by atoms with Crippen LogP contribution in [0.15, 0.2) is 30.5 Å². The number of rotatable bonds is 2. The summed E-state index contributed by atoms with van der Waals surface area (Å²) in [6.45, 7) is 0. The standard InChI is InChI=1S/C13H14N2O2S/c1-18(16,17)15-8-7-13(14-15)12-6-5-10-3-2-4-11(10)9-12/h5-9H,2-4H2,1H3. The zero-order chi connectivity index (χ0) is 12.8. The molecule has 1 aliphatic carbocycles. The van der Waals surface area contributed by atoms with Crippen LogP contribution in [-0.2, 0) is 22.9 Å². The van der Waals surface area contributed by atoms with Gasteiger partial charge >= 0.3 is 0 Å². The highest BCUT2D eigenvalue weighted by Gasteiger charge is 2.13. The predicted octanol–water partition coefficient (Wildman–Crippen LogP) is 1.85. The van der Waals surface area contributed by atoms with Crippen molar-refractivity contribution >= 4 is 10.0 Å². The molecule has 0 radical (unpaired) electrons. The highest BCUT2D eigenvalue weighted by Crippen LogP contribution is 2.27. The van der Waals surface area contributed by atoms with Crippen LogP contribution in [0.1, 0.15) is 17.5 Å². The third kappa shape index (κ3) is 1.95. The van der Waals surface area contributed by atoms with Gasteiger partial charge in [-0.15, -0.1) is 0 Å². The second kappa shape index (κ2) is 3.95. The molecule has 0 N–H and O–H groups in total. The van der Waals surface area contributed by atoms with E-state index < -0.39 is 10.0 Å². The number of fused-ring (bicyclic) bond motifs is 1. The van der Waals surface area contributed by atoms with Gasteiger partial charge in [0.2, 0.25) is 0 Å². The summed E-state index contributed by atoms with van der Waals surface area (Å²) in [5.41, 5.74) is 4.45. The third-order valence-electron chi connectivity index (χ3n) is 3.30. The van der Waals surface area contributed by atoms with Gasteiger partial charge in [0.05, 0.1) is 11.9 Å². The Labute approximate surface area is 106 Å². The van der Waals surface area contributed by atoms with Crippen molar-refractivity contribution in [2.45, 2.75) is 19.3 Å². The fourth-order valence-electron chi connectivity index (χ4n) is 2.38. The van der Waals surface area contributed by atoms with Crippen molar-refractivity contribution < 1.29 is 8.42 Å². The molecule has 0 atom stereocenters. The molecule has 0 unspecified atom stereocenters. The Hall–Kier alpha value is -1.62. The first-order valence-corrected chi connectivity index (χ1v) is 7.77. The second-order valence-electron chi connectivity index (χ2n) is 4.67. The lowest BCUT2D eigenvalue weighted by atomic mass is 10.0. The minimum absolute atomic E-state index is 0.704. The number of benzene rings is 1. The topological polar surface area (TPSA) is 52.0 Å². The molecule has 0 spiro atoms. The molecular weight excluding hydrogens is 248 g/mol. The molecule has 1 aromatic carbocycles. The van der Waals surface area contributed by atoms with Gasteiger partial charge in [0.25, 0.3) is 10.0 Å². The lowest BCUT2D eigenvalue weighted by Gasteiger charge is -2.02. The molecule has 0 amide bonds. The Bertz CT molecular complexity index is 702. The van der Waals surface area contributed by atoms with E-state index in [0.717, 1.165) is 28.7 Å². The van der Waals surface area contributed by atoms with Crippen LogP contribution in [0.5, 0.6) is 0 Å². The normalized spacial score (nSPS) is 14.7. The van der Waals surface area contributed by atoms with Gasteiger partial charge in [0.15, 0.2) is 0 Å². The van der Waals surface area contributed by atoms with E-state index in [9.17, 15) is 8.42 Å². The molecule has 0 bridgehead atoms. The van der Waals surface area contributed by atoms with Crippen molar-refractivity contribution in [3.63, 3.8) is 0 Å². The Morgan fingerprint density at radius 2 is 1.94 bits per heavy atom. The van der Waals surface area contributed by atoms with Gasteiger partial charge in [-0.3, -0.25) is 0 Å². The quantitative estimate of drug-likeness (QED) is 0.830. The highest BCUT2D eigenvalue weighted by molar-refractivity contribution is 7.89. The zero-order valence-corrected chi connectivity index (χ0v) is 10.9. The van der Waals surface area contributed by atoms with Gasteiger partial charge in [0, 0.05) is 11.8 Å². The fourth-order valence-corrected chi connectivity index (χ4v) is 2.90. The van der Waals surface area contributed by atoms with Crippen LogP contribution in [0.2, 0.25) is 0 Å². The third-order valence-corrected chi connectivity index (χ3v) is 4.18. The van der Waals surface area contributed by atoms with E-state index in [0.29, 0.717) is 5.69 Å². The molecule has 3 rings (SSSR count). The second-order valence-corrected chi connectivity index (χ2v) is 6.51. The molecule has 0 saturated heterocycles. The lowest BCUT2D eigenvalue weighted by Crippen LogP contribution is -2.10. The largest absolute Gasteiger partial charge is 0.250 e. The van der Waals surface area contributed by atoms with Crippen LogP contribution in [0.4, 0.5) is 0 Å². The highest BCUT2D eigenvalue weighted by atomic mass is 32.2. The first kappa shape index (κ1) is 11.5. The van der Waals surface area contributed by atoms with Crippen molar-refractivity contribution in [2.24, 2.45) is 0 Å². The molecule has 1 aliphatic rings.